The number of hydrogen-bond donors (Lipinski definition) is 0. The van der Waals surface area contributed by atoms with E-state index in [1.807, 2.05) is 27.7 Å². The van der Waals surface area contributed by atoms with Crippen molar-refractivity contribution in [3.05, 3.63) is 34.5 Å². The van der Waals surface area contributed by atoms with Crippen molar-refractivity contribution in [2.75, 3.05) is 13.9 Å². The smallest absolute Gasteiger partial charge is 0.466 e. The fourth-order valence-electron chi connectivity index (χ4n) is 2.05. The van der Waals surface area contributed by atoms with Crippen LogP contribution in [0.4, 0.5) is 4.39 Å². The van der Waals surface area contributed by atoms with E-state index in [2.05, 4.69) is 0 Å². The molecule has 0 saturated carbocycles. The van der Waals surface area contributed by atoms with Crippen LogP contribution in [-0.2, 0) is 14.0 Å². The first-order valence-electron chi connectivity index (χ1n) is 7.31. The molecule has 0 radical (unpaired) electrons. The fourth-order valence-corrected chi connectivity index (χ4v) is 2.28. The molecule has 1 aromatic rings. The van der Waals surface area contributed by atoms with Crippen LogP contribution in [0.2, 0.25) is 5.02 Å². The molecule has 0 amide bonds. The first-order valence-corrected chi connectivity index (χ1v) is 7.69. The highest BCUT2D eigenvalue weighted by Crippen LogP contribution is 2.39. The summed E-state index contributed by atoms with van der Waals surface area (Å²) in [6.45, 7) is 7.53. The Hall–Kier alpha value is -1.08. The van der Waals surface area contributed by atoms with Gasteiger partial charge in [0.25, 0.3) is 0 Å². The second-order valence-corrected chi connectivity index (χ2v) is 6.71. The summed E-state index contributed by atoms with van der Waals surface area (Å²) in [4.78, 5) is 0. The molecule has 1 aliphatic rings. The third-order valence-corrected chi connectivity index (χ3v) is 4.50. The van der Waals surface area contributed by atoms with Gasteiger partial charge in [-0.15, -0.1) is 0 Å². The van der Waals surface area contributed by atoms with E-state index in [4.69, 9.17) is 30.4 Å². The van der Waals surface area contributed by atoms with E-state index in [0.29, 0.717) is 16.3 Å². The van der Waals surface area contributed by atoms with Crippen LogP contribution in [0, 0.1) is 0 Å². The van der Waals surface area contributed by atoms with Crippen LogP contribution in [-0.4, -0.2) is 32.2 Å². The zero-order valence-electron chi connectivity index (χ0n) is 14.0. The van der Waals surface area contributed by atoms with Crippen LogP contribution in [0.15, 0.2) is 23.9 Å². The lowest BCUT2D eigenvalue weighted by atomic mass is 9.87. The van der Waals surface area contributed by atoms with Crippen molar-refractivity contribution in [1.82, 2.24) is 0 Å². The van der Waals surface area contributed by atoms with Crippen LogP contribution in [0.5, 0.6) is 5.75 Å². The second kappa shape index (κ2) is 6.81. The maximum atomic E-state index is 14.5. The van der Waals surface area contributed by atoms with E-state index in [9.17, 15) is 4.39 Å². The van der Waals surface area contributed by atoms with Gasteiger partial charge in [0, 0.05) is 7.11 Å². The van der Waals surface area contributed by atoms with Crippen molar-refractivity contribution < 1.29 is 23.2 Å². The predicted molar refractivity (Wildman–Crippen MR) is 89.1 cm³/mol. The molecule has 0 N–H and O–H groups in total. The predicted octanol–water partition coefficient (Wildman–Crippen LogP) is 4.26. The minimum atomic E-state index is -1.06. The molecular formula is C16H21BClFO4. The molecule has 0 unspecified atom stereocenters. The SMILES string of the molecule is COCOc1cccc(/C=C(\F)B2OC(C)(C)C(C)(C)O2)c1Cl. The van der Waals surface area contributed by atoms with E-state index in [1.54, 1.807) is 18.2 Å². The molecule has 1 heterocycles. The van der Waals surface area contributed by atoms with Gasteiger partial charge >= 0.3 is 7.12 Å². The van der Waals surface area contributed by atoms with E-state index < -0.39 is 24.0 Å². The number of rotatable bonds is 5. The molecule has 1 aliphatic heterocycles. The first-order chi connectivity index (χ1) is 10.7. The van der Waals surface area contributed by atoms with Crippen LogP contribution >= 0.6 is 11.6 Å². The highest BCUT2D eigenvalue weighted by Gasteiger charge is 2.53. The Balaban J connectivity index is 2.22. The average molecular weight is 343 g/mol. The summed E-state index contributed by atoms with van der Waals surface area (Å²) in [7, 11) is 0.454. The van der Waals surface area contributed by atoms with Gasteiger partial charge in [-0.05, 0) is 45.4 Å². The molecule has 1 saturated heterocycles. The van der Waals surface area contributed by atoms with E-state index in [-0.39, 0.29) is 6.79 Å². The van der Waals surface area contributed by atoms with Crippen molar-refractivity contribution in [3.63, 3.8) is 0 Å². The van der Waals surface area contributed by atoms with Gasteiger partial charge in [-0.3, -0.25) is 0 Å². The topological polar surface area (TPSA) is 36.9 Å². The third kappa shape index (κ3) is 3.88. The summed E-state index contributed by atoms with van der Waals surface area (Å²) < 4.78 is 36.0. The molecular weight excluding hydrogens is 321 g/mol. The lowest BCUT2D eigenvalue weighted by Crippen LogP contribution is -2.41. The summed E-state index contributed by atoms with van der Waals surface area (Å²) in [5, 5.41) is 0.302. The maximum absolute atomic E-state index is 14.5. The molecule has 0 spiro atoms. The fraction of sp³-hybridized carbons (Fsp3) is 0.500. The first kappa shape index (κ1) is 18.3. The minimum absolute atomic E-state index is 0.0621. The Morgan fingerprint density at radius 1 is 1.26 bits per heavy atom. The van der Waals surface area contributed by atoms with Gasteiger partial charge in [0.2, 0.25) is 0 Å². The Labute approximate surface area is 141 Å². The van der Waals surface area contributed by atoms with Gasteiger partial charge < -0.3 is 18.8 Å². The summed E-state index contributed by atoms with van der Waals surface area (Å²) in [6, 6.07) is 5.10. The molecule has 0 aromatic heterocycles. The van der Waals surface area contributed by atoms with Gasteiger partial charge in [-0.2, -0.15) is 0 Å². The monoisotopic (exact) mass is 342 g/mol. The van der Waals surface area contributed by atoms with Crippen molar-refractivity contribution in [3.8, 4) is 5.75 Å². The Bertz CT molecular complexity index is 588. The molecule has 7 heteroatoms. The lowest BCUT2D eigenvalue weighted by Gasteiger charge is -2.32. The van der Waals surface area contributed by atoms with Gasteiger partial charge in [-0.25, -0.2) is 4.39 Å². The zero-order valence-corrected chi connectivity index (χ0v) is 14.7. The quantitative estimate of drug-likeness (QED) is 0.592. The largest absolute Gasteiger partial charge is 0.525 e. The lowest BCUT2D eigenvalue weighted by molar-refractivity contribution is 0.00578. The van der Waals surface area contributed by atoms with E-state index >= 15 is 0 Å². The summed E-state index contributed by atoms with van der Waals surface area (Å²) >= 11 is 6.23. The van der Waals surface area contributed by atoms with Gasteiger partial charge in [0.05, 0.1) is 16.2 Å². The van der Waals surface area contributed by atoms with Crippen molar-refractivity contribution in [2.45, 2.75) is 38.9 Å². The molecule has 23 heavy (non-hydrogen) atoms. The highest BCUT2D eigenvalue weighted by molar-refractivity contribution is 6.54. The average Bonchev–Trinajstić information content (AvgIpc) is 2.68. The minimum Gasteiger partial charge on any atom is -0.466 e. The number of methoxy groups -OCH3 is 1. The molecule has 4 nitrogen and oxygen atoms in total. The Morgan fingerprint density at radius 3 is 2.43 bits per heavy atom. The molecule has 0 atom stereocenters. The maximum Gasteiger partial charge on any atom is 0.525 e. The summed E-state index contributed by atoms with van der Waals surface area (Å²) in [5.41, 5.74) is -1.27. The Morgan fingerprint density at radius 2 is 1.87 bits per heavy atom. The van der Waals surface area contributed by atoms with E-state index in [1.165, 1.54) is 13.2 Å². The molecule has 0 bridgehead atoms. The second-order valence-electron chi connectivity index (χ2n) is 6.33. The summed E-state index contributed by atoms with van der Waals surface area (Å²) in [6.07, 6.45) is 1.30. The number of ether oxygens (including phenoxy) is 2. The number of halogens is 2. The van der Waals surface area contributed by atoms with Crippen molar-refractivity contribution in [2.24, 2.45) is 0 Å². The van der Waals surface area contributed by atoms with Crippen molar-refractivity contribution >= 4 is 24.8 Å². The normalized spacial score (nSPS) is 20.0. The standard InChI is InChI=1S/C16H21BClFO4/c1-15(2)16(3,4)23-17(22-15)13(19)9-11-7-6-8-12(14(11)18)21-10-20-5/h6-9H,10H2,1-5H3/b13-9-. The molecule has 126 valence electrons. The van der Waals surface area contributed by atoms with Crippen LogP contribution in [0.25, 0.3) is 6.08 Å². The molecule has 0 aliphatic carbocycles. The van der Waals surface area contributed by atoms with Gasteiger partial charge in [-0.1, -0.05) is 23.7 Å². The van der Waals surface area contributed by atoms with Crippen molar-refractivity contribution in [1.29, 1.82) is 0 Å². The zero-order chi connectivity index (χ0) is 17.3. The van der Waals surface area contributed by atoms with Gasteiger partial charge in [0.1, 0.15) is 11.5 Å². The van der Waals surface area contributed by atoms with Crippen LogP contribution in [0.1, 0.15) is 33.3 Å². The molecule has 2 rings (SSSR count). The van der Waals surface area contributed by atoms with Gasteiger partial charge in [0.15, 0.2) is 6.79 Å². The summed E-state index contributed by atoms with van der Waals surface area (Å²) in [5.74, 6) is 0.420. The number of hydrogen-bond acceptors (Lipinski definition) is 4. The number of benzene rings is 1. The van der Waals surface area contributed by atoms with E-state index in [0.717, 1.165) is 0 Å². The molecule has 1 fully saturated rings. The van der Waals surface area contributed by atoms with Crippen LogP contribution < -0.4 is 4.74 Å². The Kier molecular flexibility index (Phi) is 5.41. The highest BCUT2D eigenvalue weighted by atomic mass is 35.5. The molecule has 1 aromatic carbocycles. The third-order valence-electron chi connectivity index (χ3n) is 4.10. The van der Waals surface area contributed by atoms with Crippen LogP contribution in [0.3, 0.4) is 0 Å².